The van der Waals surface area contributed by atoms with Crippen molar-refractivity contribution in [1.82, 2.24) is 5.32 Å². The van der Waals surface area contributed by atoms with Crippen molar-refractivity contribution in [2.75, 3.05) is 13.7 Å². The summed E-state index contributed by atoms with van der Waals surface area (Å²) in [6, 6.07) is 17.2. The third kappa shape index (κ3) is 3.61. The fourth-order valence-electron chi connectivity index (χ4n) is 2.55. The summed E-state index contributed by atoms with van der Waals surface area (Å²) in [5.74, 6) is 0.919. The van der Waals surface area contributed by atoms with Crippen molar-refractivity contribution in [3.8, 4) is 5.75 Å². The molecule has 0 radical (unpaired) electrons. The third-order valence-electron chi connectivity index (χ3n) is 3.59. The van der Waals surface area contributed by atoms with Crippen LogP contribution in [0.4, 0.5) is 0 Å². The molecule has 106 valence electrons. The highest BCUT2D eigenvalue weighted by molar-refractivity contribution is 5.33. The van der Waals surface area contributed by atoms with Gasteiger partial charge in [0.15, 0.2) is 0 Å². The van der Waals surface area contributed by atoms with Gasteiger partial charge in [-0.1, -0.05) is 43.3 Å². The van der Waals surface area contributed by atoms with Crippen molar-refractivity contribution >= 4 is 0 Å². The Hall–Kier alpha value is -1.80. The van der Waals surface area contributed by atoms with Gasteiger partial charge in [0.25, 0.3) is 0 Å². The molecule has 0 amide bonds. The topological polar surface area (TPSA) is 21.3 Å². The lowest BCUT2D eigenvalue weighted by Gasteiger charge is -2.20. The zero-order chi connectivity index (χ0) is 14.4. The lowest BCUT2D eigenvalue weighted by atomic mass is 9.95. The standard InChI is InChI=1S/C18H23NO/c1-4-19-18(17-11-6-5-8-14(17)2)13-15-9-7-10-16(12-15)20-3/h5-12,18-19H,4,13H2,1-3H3. The van der Waals surface area contributed by atoms with Gasteiger partial charge < -0.3 is 10.1 Å². The zero-order valence-electron chi connectivity index (χ0n) is 12.5. The molecule has 0 aliphatic carbocycles. The molecule has 0 fully saturated rings. The summed E-state index contributed by atoms with van der Waals surface area (Å²) in [5.41, 5.74) is 4.00. The SMILES string of the molecule is CCNC(Cc1cccc(OC)c1)c1ccccc1C. The van der Waals surface area contributed by atoms with Crippen molar-refractivity contribution in [3.05, 3.63) is 65.2 Å². The lowest BCUT2D eigenvalue weighted by molar-refractivity contribution is 0.414. The van der Waals surface area contributed by atoms with Gasteiger partial charge >= 0.3 is 0 Å². The molecule has 2 aromatic carbocycles. The van der Waals surface area contributed by atoms with E-state index in [4.69, 9.17) is 4.74 Å². The summed E-state index contributed by atoms with van der Waals surface area (Å²) in [7, 11) is 1.71. The second-order valence-corrected chi connectivity index (χ2v) is 5.02. The summed E-state index contributed by atoms with van der Waals surface area (Å²) in [5, 5.41) is 3.58. The summed E-state index contributed by atoms with van der Waals surface area (Å²) >= 11 is 0. The Labute approximate surface area is 121 Å². The maximum absolute atomic E-state index is 5.31. The molecule has 0 saturated heterocycles. The fourth-order valence-corrected chi connectivity index (χ4v) is 2.55. The first-order valence-electron chi connectivity index (χ1n) is 7.16. The average Bonchev–Trinajstić information content (AvgIpc) is 2.47. The number of hydrogen-bond donors (Lipinski definition) is 1. The number of hydrogen-bond acceptors (Lipinski definition) is 2. The molecule has 1 atom stereocenters. The first-order valence-corrected chi connectivity index (χ1v) is 7.16. The van der Waals surface area contributed by atoms with Crippen molar-refractivity contribution in [2.24, 2.45) is 0 Å². The third-order valence-corrected chi connectivity index (χ3v) is 3.59. The first kappa shape index (κ1) is 14.6. The first-order chi connectivity index (χ1) is 9.74. The molecule has 0 aliphatic heterocycles. The minimum absolute atomic E-state index is 0.341. The summed E-state index contributed by atoms with van der Waals surface area (Å²) in [6.07, 6.45) is 0.968. The van der Waals surface area contributed by atoms with Gasteiger partial charge in [0.1, 0.15) is 5.75 Å². The van der Waals surface area contributed by atoms with Gasteiger partial charge in [0.2, 0.25) is 0 Å². The second kappa shape index (κ2) is 7.11. The van der Waals surface area contributed by atoms with E-state index in [9.17, 15) is 0 Å². The molecule has 0 bridgehead atoms. The molecule has 0 aliphatic rings. The molecule has 0 saturated carbocycles. The molecular weight excluding hydrogens is 246 g/mol. The fraction of sp³-hybridized carbons (Fsp3) is 0.333. The number of nitrogens with one attached hydrogen (secondary N) is 1. The Kier molecular flexibility index (Phi) is 5.19. The van der Waals surface area contributed by atoms with Crippen LogP contribution in [0.25, 0.3) is 0 Å². The number of aryl methyl sites for hydroxylation is 1. The molecular formula is C18H23NO. The summed E-state index contributed by atoms with van der Waals surface area (Å²) in [6.45, 7) is 5.28. The van der Waals surface area contributed by atoms with E-state index in [1.807, 2.05) is 6.07 Å². The van der Waals surface area contributed by atoms with E-state index in [1.54, 1.807) is 7.11 Å². The monoisotopic (exact) mass is 269 g/mol. The number of ether oxygens (including phenoxy) is 1. The Morgan fingerprint density at radius 1 is 1.10 bits per heavy atom. The Bertz CT molecular complexity index is 551. The van der Waals surface area contributed by atoms with E-state index in [-0.39, 0.29) is 0 Å². The Morgan fingerprint density at radius 2 is 1.90 bits per heavy atom. The van der Waals surface area contributed by atoms with Gasteiger partial charge in [0, 0.05) is 6.04 Å². The molecule has 0 heterocycles. The largest absolute Gasteiger partial charge is 0.497 e. The Morgan fingerprint density at radius 3 is 2.60 bits per heavy atom. The molecule has 0 spiro atoms. The van der Waals surface area contributed by atoms with E-state index in [0.717, 1.165) is 18.7 Å². The molecule has 2 rings (SSSR count). The van der Waals surface area contributed by atoms with Crippen molar-refractivity contribution in [2.45, 2.75) is 26.3 Å². The zero-order valence-corrected chi connectivity index (χ0v) is 12.5. The van der Waals surface area contributed by atoms with Gasteiger partial charge in [0.05, 0.1) is 7.11 Å². The van der Waals surface area contributed by atoms with Crippen LogP contribution in [-0.2, 0) is 6.42 Å². The highest BCUT2D eigenvalue weighted by Crippen LogP contribution is 2.23. The van der Waals surface area contributed by atoms with E-state index in [0.29, 0.717) is 6.04 Å². The van der Waals surface area contributed by atoms with Gasteiger partial charge in [-0.2, -0.15) is 0 Å². The minimum atomic E-state index is 0.341. The predicted octanol–water partition coefficient (Wildman–Crippen LogP) is 3.90. The van der Waals surface area contributed by atoms with Crippen LogP contribution in [0.3, 0.4) is 0 Å². The lowest BCUT2D eigenvalue weighted by Crippen LogP contribution is -2.23. The van der Waals surface area contributed by atoms with Gasteiger partial charge in [-0.05, 0) is 48.7 Å². The van der Waals surface area contributed by atoms with Crippen LogP contribution in [-0.4, -0.2) is 13.7 Å². The van der Waals surface area contributed by atoms with Crippen LogP contribution >= 0.6 is 0 Å². The van der Waals surface area contributed by atoms with Crippen molar-refractivity contribution < 1.29 is 4.74 Å². The van der Waals surface area contributed by atoms with Crippen molar-refractivity contribution in [3.63, 3.8) is 0 Å². The predicted molar refractivity (Wildman–Crippen MR) is 84.3 cm³/mol. The van der Waals surface area contributed by atoms with Gasteiger partial charge in [-0.3, -0.25) is 0 Å². The van der Waals surface area contributed by atoms with Crippen LogP contribution in [0.2, 0.25) is 0 Å². The number of methoxy groups -OCH3 is 1. The van der Waals surface area contributed by atoms with Crippen LogP contribution in [0.5, 0.6) is 5.75 Å². The molecule has 1 N–H and O–H groups in total. The van der Waals surface area contributed by atoms with E-state index in [1.165, 1.54) is 16.7 Å². The molecule has 0 aromatic heterocycles. The van der Waals surface area contributed by atoms with Crippen LogP contribution < -0.4 is 10.1 Å². The van der Waals surface area contributed by atoms with Crippen LogP contribution in [0, 0.1) is 6.92 Å². The van der Waals surface area contributed by atoms with Gasteiger partial charge in [-0.15, -0.1) is 0 Å². The molecule has 1 unspecified atom stereocenters. The summed E-state index contributed by atoms with van der Waals surface area (Å²) < 4.78 is 5.31. The maximum Gasteiger partial charge on any atom is 0.119 e. The van der Waals surface area contributed by atoms with E-state index >= 15 is 0 Å². The van der Waals surface area contributed by atoms with Crippen LogP contribution in [0.1, 0.15) is 29.7 Å². The van der Waals surface area contributed by atoms with Crippen LogP contribution in [0.15, 0.2) is 48.5 Å². The number of likely N-dealkylation sites (N-methyl/N-ethyl adjacent to an activating group) is 1. The number of benzene rings is 2. The van der Waals surface area contributed by atoms with Gasteiger partial charge in [-0.25, -0.2) is 0 Å². The van der Waals surface area contributed by atoms with E-state index in [2.05, 4.69) is 61.6 Å². The molecule has 2 heteroatoms. The maximum atomic E-state index is 5.31. The average molecular weight is 269 g/mol. The Balaban J connectivity index is 2.23. The normalized spacial score (nSPS) is 12.2. The molecule has 20 heavy (non-hydrogen) atoms. The molecule has 2 aromatic rings. The molecule has 2 nitrogen and oxygen atoms in total. The van der Waals surface area contributed by atoms with Crippen molar-refractivity contribution in [1.29, 1.82) is 0 Å². The summed E-state index contributed by atoms with van der Waals surface area (Å²) in [4.78, 5) is 0. The number of rotatable bonds is 6. The second-order valence-electron chi connectivity index (χ2n) is 5.02. The smallest absolute Gasteiger partial charge is 0.119 e. The quantitative estimate of drug-likeness (QED) is 0.859. The highest BCUT2D eigenvalue weighted by Gasteiger charge is 2.13. The van der Waals surface area contributed by atoms with E-state index < -0.39 is 0 Å². The highest BCUT2D eigenvalue weighted by atomic mass is 16.5. The minimum Gasteiger partial charge on any atom is -0.497 e.